The van der Waals surface area contributed by atoms with Crippen LogP contribution in [0, 0.1) is 13.8 Å². The van der Waals surface area contributed by atoms with Crippen molar-refractivity contribution < 1.29 is 4.79 Å². The van der Waals surface area contributed by atoms with Crippen molar-refractivity contribution >= 4 is 17.2 Å². The van der Waals surface area contributed by atoms with Crippen LogP contribution in [0.5, 0.6) is 0 Å². The Bertz CT molecular complexity index is 897. The average molecular weight is 430 g/mol. The van der Waals surface area contributed by atoms with Crippen molar-refractivity contribution in [3.8, 4) is 11.3 Å². The number of hydrogen-bond donors (Lipinski definition) is 1. The SMILES string of the molecule is Cc1cc(-c2csc(CN3CCN(CC(=O)NC(C)(C)C)CC3)n2)c(C)n1C1CC1. The lowest BCUT2D eigenvalue weighted by Crippen LogP contribution is -2.51. The second-order valence-corrected chi connectivity index (χ2v) is 10.8. The molecule has 2 aromatic rings. The van der Waals surface area contributed by atoms with Crippen molar-refractivity contribution in [3.63, 3.8) is 0 Å². The molecule has 30 heavy (non-hydrogen) atoms. The Morgan fingerprint density at radius 1 is 1.17 bits per heavy atom. The molecule has 0 bridgehead atoms. The molecule has 6 nitrogen and oxygen atoms in total. The number of carbonyl (C=O) groups is 1. The average Bonchev–Trinajstić information content (AvgIpc) is 3.29. The molecule has 3 heterocycles. The van der Waals surface area contributed by atoms with Crippen LogP contribution in [0.15, 0.2) is 11.4 Å². The van der Waals surface area contributed by atoms with Gasteiger partial charge in [0.25, 0.3) is 0 Å². The van der Waals surface area contributed by atoms with Gasteiger partial charge in [0.15, 0.2) is 0 Å². The summed E-state index contributed by atoms with van der Waals surface area (Å²) in [5.74, 6) is 0.115. The summed E-state index contributed by atoms with van der Waals surface area (Å²) >= 11 is 1.76. The Kier molecular flexibility index (Phi) is 6.06. The quantitative estimate of drug-likeness (QED) is 0.762. The van der Waals surface area contributed by atoms with E-state index < -0.39 is 0 Å². The van der Waals surface area contributed by atoms with Crippen molar-refractivity contribution in [1.29, 1.82) is 0 Å². The molecule has 0 aromatic carbocycles. The van der Waals surface area contributed by atoms with Gasteiger partial charge in [0.05, 0.1) is 18.8 Å². The van der Waals surface area contributed by atoms with E-state index >= 15 is 0 Å². The summed E-state index contributed by atoms with van der Waals surface area (Å²) in [5, 5.41) is 6.44. The van der Waals surface area contributed by atoms with E-state index in [1.165, 1.54) is 34.8 Å². The second-order valence-electron chi connectivity index (χ2n) is 9.86. The van der Waals surface area contributed by atoms with Crippen molar-refractivity contribution in [2.45, 2.75) is 65.6 Å². The minimum atomic E-state index is -0.169. The molecule has 164 valence electrons. The van der Waals surface area contributed by atoms with Gasteiger partial charge in [-0.2, -0.15) is 0 Å². The third-order valence-corrected chi connectivity index (χ3v) is 6.76. The lowest BCUT2D eigenvalue weighted by molar-refractivity contribution is -0.124. The molecule has 0 unspecified atom stereocenters. The van der Waals surface area contributed by atoms with Gasteiger partial charge in [0.1, 0.15) is 5.01 Å². The molecule has 1 saturated carbocycles. The van der Waals surface area contributed by atoms with E-state index in [1.807, 2.05) is 20.8 Å². The highest BCUT2D eigenvalue weighted by Gasteiger charge is 2.28. The minimum absolute atomic E-state index is 0.115. The summed E-state index contributed by atoms with van der Waals surface area (Å²) in [5.41, 5.74) is 4.95. The standard InChI is InChI=1S/C23H35N5OS/c1-16-12-19(17(2)28(16)18-6-7-18)20-15-30-22(24-20)14-27-10-8-26(9-11-27)13-21(29)25-23(3,4)5/h12,15,18H,6-11,13-14H2,1-5H3,(H,25,29). The van der Waals surface area contributed by atoms with Crippen molar-refractivity contribution in [1.82, 2.24) is 24.7 Å². The van der Waals surface area contributed by atoms with E-state index in [0.717, 1.165) is 38.4 Å². The molecule has 4 rings (SSSR count). The summed E-state index contributed by atoms with van der Waals surface area (Å²) in [4.78, 5) is 21.8. The normalized spacial score (nSPS) is 18.7. The predicted octanol–water partition coefficient (Wildman–Crippen LogP) is 3.60. The fourth-order valence-corrected chi connectivity index (χ4v) is 5.23. The number of rotatable bonds is 6. The molecule has 7 heteroatoms. The Hall–Kier alpha value is -1.70. The Labute approximate surface area is 184 Å². The second kappa shape index (κ2) is 8.44. The van der Waals surface area contributed by atoms with Crippen LogP contribution in [0.2, 0.25) is 0 Å². The number of aromatic nitrogens is 2. The van der Waals surface area contributed by atoms with Gasteiger partial charge in [-0.3, -0.25) is 14.6 Å². The predicted molar refractivity (Wildman–Crippen MR) is 123 cm³/mol. The molecule has 1 saturated heterocycles. The third-order valence-electron chi connectivity index (χ3n) is 5.93. The van der Waals surface area contributed by atoms with Gasteiger partial charge in [-0.25, -0.2) is 4.98 Å². The Balaban J connectivity index is 1.30. The number of amides is 1. The topological polar surface area (TPSA) is 53.4 Å². The fraction of sp³-hybridized carbons (Fsp3) is 0.652. The lowest BCUT2D eigenvalue weighted by atomic mass is 10.1. The van der Waals surface area contributed by atoms with Gasteiger partial charge in [0, 0.05) is 60.1 Å². The molecule has 1 aliphatic carbocycles. The maximum Gasteiger partial charge on any atom is 0.234 e. The van der Waals surface area contributed by atoms with E-state index in [-0.39, 0.29) is 11.4 Å². The highest BCUT2D eigenvalue weighted by molar-refractivity contribution is 7.09. The summed E-state index contributed by atoms with van der Waals surface area (Å²) in [7, 11) is 0. The van der Waals surface area contributed by atoms with Crippen LogP contribution in [-0.4, -0.2) is 63.5 Å². The van der Waals surface area contributed by atoms with Gasteiger partial charge >= 0.3 is 0 Å². The minimum Gasteiger partial charge on any atom is -0.350 e. The van der Waals surface area contributed by atoms with Crippen LogP contribution in [0.1, 0.15) is 56.1 Å². The van der Waals surface area contributed by atoms with Crippen LogP contribution >= 0.6 is 11.3 Å². The zero-order chi connectivity index (χ0) is 21.5. The first-order chi connectivity index (χ1) is 14.2. The molecular formula is C23H35N5OS. The van der Waals surface area contributed by atoms with Crippen LogP contribution in [0.4, 0.5) is 0 Å². The number of nitrogens with one attached hydrogen (secondary N) is 1. The van der Waals surface area contributed by atoms with Gasteiger partial charge in [-0.15, -0.1) is 11.3 Å². The first-order valence-corrected chi connectivity index (χ1v) is 12.0. The van der Waals surface area contributed by atoms with Crippen LogP contribution < -0.4 is 5.32 Å². The zero-order valence-electron chi connectivity index (χ0n) is 19.0. The summed E-state index contributed by atoms with van der Waals surface area (Å²) in [6, 6.07) is 3.01. The van der Waals surface area contributed by atoms with Gasteiger partial charge < -0.3 is 9.88 Å². The molecule has 2 aromatic heterocycles. The molecule has 0 spiro atoms. The van der Waals surface area contributed by atoms with Crippen molar-refractivity contribution in [2.24, 2.45) is 0 Å². The van der Waals surface area contributed by atoms with Crippen LogP contribution in [0.25, 0.3) is 11.3 Å². The molecule has 0 atom stereocenters. The van der Waals surface area contributed by atoms with Gasteiger partial charge in [-0.05, 0) is 53.5 Å². The van der Waals surface area contributed by atoms with Crippen molar-refractivity contribution in [3.05, 3.63) is 27.8 Å². The molecule has 1 amide bonds. The van der Waals surface area contributed by atoms with E-state index in [0.29, 0.717) is 12.6 Å². The molecule has 2 fully saturated rings. The van der Waals surface area contributed by atoms with E-state index in [4.69, 9.17) is 4.98 Å². The maximum atomic E-state index is 12.2. The van der Waals surface area contributed by atoms with Crippen molar-refractivity contribution in [2.75, 3.05) is 32.7 Å². The third kappa shape index (κ3) is 5.13. The largest absolute Gasteiger partial charge is 0.350 e. The summed E-state index contributed by atoms with van der Waals surface area (Å²) in [6.45, 7) is 15.7. The number of hydrogen-bond acceptors (Lipinski definition) is 5. The number of aryl methyl sites for hydroxylation is 1. The number of piperazine rings is 1. The van der Waals surface area contributed by atoms with E-state index in [1.54, 1.807) is 11.3 Å². The fourth-order valence-electron chi connectivity index (χ4n) is 4.40. The smallest absolute Gasteiger partial charge is 0.234 e. The summed E-state index contributed by atoms with van der Waals surface area (Å²) in [6.07, 6.45) is 2.61. The van der Waals surface area contributed by atoms with E-state index in [2.05, 4.69) is 45.0 Å². The highest BCUT2D eigenvalue weighted by Crippen LogP contribution is 2.40. The molecule has 1 aliphatic heterocycles. The zero-order valence-corrected chi connectivity index (χ0v) is 19.8. The maximum absolute atomic E-state index is 12.2. The lowest BCUT2D eigenvalue weighted by Gasteiger charge is -2.34. The Morgan fingerprint density at radius 3 is 2.47 bits per heavy atom. The monoisotopic (exact) mass is 429 g/mol. The summed E-state index contributed by atoms with van der Waals surface area (Å²) < 4.78 is 2.49. The molecular weight excluding hydrogens is 394 g/mol. The van der Waals surface area contributed by atoms with Gasteiger partial charge in [-0.1, -0.05) is 0 Å². The Morgan fingerprint density at radius 2 is 1.83 bits per heavy atom. The molecule has 2 aliphatic rings. The number of nitrogens with zero attached hydrogens (tertiary/aromatic N) is 4. The van der Waals surface area contributed by atoms with Crippen LogP contribution in [0.3, 0.4) is 0 Å². The first kappa shape index (κ1) is 21.5. The first-order valence-electron chi connectivity index (χ1n) is 11.1. The van der Waals surface area contributed by atoms with E-state index in [9.17, 15) is 4.79 Å². The number of carbonyl (C=O) groups excluding carboxylic acids is 1. The highest BCUT2D eigenvalue weighted by atomic mass is 32.1. The molecule has 1 N–H and O–H groups in total. The van der Waals surface area contributed by atoms with Crippen LogP contribution in [-0.2, 0) is 11.3 Å². The van der Waals surface area contributed by atoms with Gasteiger partial charge in [0.2, 0.25) is 5.91 Å². The number of thiazole rings is 1. The molecule has 0 radical (unpaired) electrons.